The highest BCUT2D eigenvalue weighted by Crippen LogP contribution is 2.40. The van der Waals surface area contributed by atoms with Crippen LogP contribution < -0.4 is 0 Å². The zero-order valence-electron chi connectivity index (χ0n) is 36.0. The van der Waals surface area contributed by atoms with Crippen LogP contribution in [-0.2, 0) is 9.47 Å². The Bertz CT molecular complexity index is 817. The number of ether oxygens (including phenoxy) is 2. The van der Waals surface area contributed by atoms with Gasteiger partial charge in [0.05, 0.1) is 12.2 Å². The van der Waals surface area contributed by atoms with Crippen LogP contribution in [0.3, 0.4) is 0 Å². The van der Waals surface area contributed by atoms with E-state index in [-0.39, 0.29) is 18.0 Å². The van der Waals surface area contributed by atoms with Crippen LogP contribution >= 0.6 is 0 Å². The van der Waals surface area contributed by atoms with Gasteiger partial charge >= 0.3 is 0 Å². The molecule has 0 saturated carbocycles. The Kier molecular flexibility index (Phi) is 33.4. The molecule has 0 N–H and O–H groups in total. The molecule has 1 fully saturated rings. The number of hydrogen-bond acceptors (Lipinski definition) is 3. The van der Waals surface area contributed by atoms with Crippen LogP contribution in [0.25, 0.3) is 0 Å². The van der Waals surface area contributed by atoms with Crippen molar-refractivity contribution >= 4 is 0 Å². The predicted octanol–water partition coefficient (Wildman–Crippen LogP) is 15.7. The van der Waals surface area contributed by atoms with E-state index in [1.165, 1.54) is 154 Å². The molecule has 304 valence electrons. The maximum Gasteiger partial charge on any atom is 0.170 e. The van der Waals surface area contributed by atoms with E-state index in [9.17, 15) is 0 Å². The van der Waals surface area contributed by atoms with Crippen LogP contribution in [0.5, 0.6) is 0 Å². The van der Waals surface area contributed by atoms with Gasteiger partial charge in [-0.2, -0.15) is 0 Å². The van der Waals surface area contributed by atoms with Crippen molar-refractivity contribution in [1.29, 1.82) is 0 Å². The number of unbranched alkanes of at least 4 members (excludes halogenated alkanes) is 18. The van der Waals surface area contributed by atoms with Crippen LogP contribution in [0.4, 0.5) is 0 Å². The Morgan fingerprint density at radius 1 is 0.500 bits per heavy atom. The van der Waals surface area contributed by atoms with E-state index < -0.39 is 0 Å². The molecule has 0 bridgehead atoms. The van der Waals surface area contributed by atoms with Gasteiger partial charge in [-0.3, -0.25) is 0 Å². The largest absolute Gasteiger partial charge is 0.344 e. The Labute approximate surface area is 326 Å². The second-order valence-corrected chi connectivity index (χ2v) is 16.6. The quantitative estimate of drug-likeness (QED) is 0.0470. The molecule has 1 rings (SSSR count). The highest BCUT2D eigenvalue weighted by atomic mass is 16.8. The minimum atomic E-state index is -0.389. The SMILES string of the molecule is CCCCCC=CCC=CCCCCCCCCC1OC(CCC(C)CC)(CCN(C)C)OC1CCCCCCCCC=CCC=CCCCCC. The van der Waals surface area contributed by atoms with Gasteiger partial charge in [-0.05, 0) is 103 Å². The average molecular weight is 726 g/mol. The molecule has 3 heteroatoms. The molecule has 3 atom stereocenters. The van der Waals surface area contributed by atoms with E-state index in [2.05, 4.69) is 95.3 Å². The first kappa shape index (κ1) is 48.9. The first-order valence-corrected chi connectivity index (χ1v) is 23.1. The van der Waals surface area contributed by atoms with Gasteiger partial charge in [0.1, 0.15) is 0 Å². The zero-order chi connectivity index (χ0) is 37.8. The van der Waals surface area contributed by atoms with Gasteiger partial charge in [0.15, 0.2) is 5.79 Å². The van der Waals surface area contributed by atoms with Gasteiger partial charge in [0, 0.05) is 19.4 Å². The van der Waals surface area contributed by atoms with Crippen LogP contribution in [0.1, 0.15) is 220 Å². The third-order valence-electron chi connectivity index (χ3n) is 11.2. The van der Waals surface area contributed by atoms with Crippen molar-refractivity contribution < 1.29 is 9.47 Å². The van der Waals surface area contributed by atoms with E-state index in [1.807, 2.05) is 0 Å². The first-order chi connectivity index (χ1) is 25.5. The molecule has 0 spiro atoms. The van der Waals surface area contributed by atoms with Crippen molar-refractivity contribution in [3.05, 3.63) is 48.6 Å². The zero-order valence-corrected chi connectivity index (χ0v) is 36.0. The molecule has 0 aromatic rings. The first-order valence-electron chi connectivity index (χ1n) is 23.1. The van der Waals surface area contributed by atoms with E-state index >= 15 is 0 Å². The average Bonchev–Trinajstić information content (AvgIpc) is 3.49. The summed E-state index contributed by atoms with van der Waals surface area (Å²) in [6.07, 6.45) is 57.4. The smallest absolute Gasteiger partial charge is 0.170 e. The maximum atomic E-state index is 7.04. The standard InChI is InChI=1S/C49H91NO2/c1-7-10-12-14-16-18-20-22-24-26-28-30-32-34-36-38-40-47-48(52-49(51-47,44-45-50(5)6)43-42-46(4)9-3)41-39-37-35-33-31-29-27-25-23-21-19-17-15-13-11-8-2/h16-19,22-25,46-48H,7-15,20-21,26-45H2,1-6H3. The molecule has 0 radical (unpaired) electrons. The van der Waals surface area contributed by atoms with Crippen molar-refractivity contribution in [3.63, 3.8) is 0 Å². The van der Waals surface area contributed by atoms with Gasteiger partial charge in [0.25, 0.3) is 0 Å². The molecule has 0 aliphatic carbocycles. The Morgan fingerprint density at radius 3 is 1.27 bits per heavy atom. The van der Waals surface area contributed by atoms with E-state index in [0.29, 0.717) is 0 Å². The molecule has 1 saturated heterocycles. The van der Waals surface area contributed by atoms with Crippen molar-refractivity contribution in [1.82, 2.24) is 4.90 Å². The summed E-state index contributed by atoms with van der Waals surface area (Å²) in [6.45, 7) is 10.3. The molecule has 3 nitrogen and oxygen atoms in total. The predicted molar refractivity (Wildman–Crippen MR) is 232 cm³/mol. The Morgan fingerprint density at radius 2 is 0.885 bits per heavy atom. The lowest BCUT2D eigenvalue weighted by Gasteiger charge is -2.31. The summed E-state index contributed by atoms with van der Waals surface area (Å²) in [6, 6.07) is 0. The minimum Gasteiger partial charge on any atom is -0.344 e. The fourth-order valence-corrected chi connectivity index (χ4v) is 7.31. The monoisotopic (exact) mass is 726 g/mol. The van der Waals surface area contributed by atoms with Gasteiger partial charge in [-0.25, -0.2) is 0 Å². The molecule has 0 aromatic heterocycles. The van der Waals surface area contributed by atoms with Gasteiger partial charge in [0.2, 0.25) is 0 Å². The van der Waals surface area contributed by atoms with Crippen LogP contribution in [0.15, 0.2) is 48.6 Å². The van der Waals surface area contributed by atoms with E-state index in [4.69, 9.17) is 9.47 Å². The summed E-state index contributed by atoms with van der Waals surface area (Å²) in [5.74, 6) is 0.334. The molecule has 1 aliphatic rings. The molecular weight excluding hydrogens is 635 g/mol. The fourth-order valence-electron chi connectivity index (χ4n) is 7.31. The normalized spacial score (nSPS) is 20.3. The molecule has 1 aliphatic heterocycles. The lowest BCUT2D eigenvalue weighted by molar-refractivity contribution is -0.189. The molecular formula is C49H91NO2. The molecule has 1 heterocycles. The number of nitrogens with zero attached hydrogens (tertiary/aromatic N) is 1. The van der Waals surface area contributed by atoms with Crippen LogP contribution in [0, 0.1) is 5.92 Å². The van der Waals surface area contributed by atoms with Crippen molar-refractivity contribution in [2.45, 2.75) is 238 Å². The number of allylic oxidation sites excluding steroid dienone is 8. The highest BCUT2D eigenvalue weighted by Gasteiger charge is 2.46. The summed E-state index contributed by atoms with van der Waals surface area (Å²) in [7, 11) is 4.36. The highest BCUT2D eigenvalue weighted by molar-refractivity contribution is 4.94. The molecule has 52 heavy (non-hydrogen) atoms. The van der Waals surface area contributed by atoms with E-state index in [0.717, 1.165) is 51.0 Å². The summed E-state index contributed by atoms with van der Waals surface area (Å²) in [5.41, 5.74) is 0. The van der Waals surface area contributed by atoms with Gasteiger partial charge in [-0.1, -0.05) is 173 Å². The van der Waals surface area contributed by atoms with Gasteiger partial charge in [-0.15, -0.1) is 0 Å². The van der Waals surface area contributed by atoms with Crippen molar-refractivity contribution in [2.75, 3.05) is 20.6 Å². The van der Waals surface area contributed by atoms with Gasteiger partial charge < -0.3 is 14.4 Å². The fraction of sp³-hybridized carbons (Fsp3) is 0.837. The third kappa shape index (κ3) is 28.3. The maximum absolute atomic E-state index is 7.04. The molecule has 0 amide bonds. The molecule has 3 unspecified atom stereocenters. The lowest BCUT2D eigenvalue weighted by atomic mass is 9.97. The summed E-state index contributed by atoms with van der Waals surface area (Å²) in [5, 5.41) is 0. The topological polar surface area (TPSA) is 21.7 Å². The van der Waals surface area contributed by atoms with Crippen LogP contribution in [-0.4, -0.2) is 43.5 Å². The van der Waals surface area contributed by atoms with E-state index in [1.54, 1.807) is 0 Å². The number of hydrogen-bond donors (Lipinski definition) is 0. The lowest BCUT2D eigenvalue weighted by Crippen LogP contribution is -2.35. The summed E-state index contributed by atoms with van der Waals surface area (Å²) >= 11 is 0. The second kappa shape index (κ2) is 35.5. The third-order valence-corrected chi connectivity index (χ3v) is 11.2. The second-order valence-electron chi connectivity index (χ2n) is 16.6. The summed E-state index contributed by atoms with van der Waals surface area (Å²) < 4.78 is 14.1. The van der Waals surface area contributed by atoms with Crippen molar-refractivity contribution in [2.24, 2.45) is 5.92 Å². The minimum absolute atomic E-state index is 0.267. The molecule has 0 aromatic carbocycles. The van der Waals surface area contributed by atoms with Crippen molar-refractivity contribution in [3.8, 4) is 0 Å². The Hall–Kier alpha value is -1.16. The number of rotatable bonds is 37. The Balaban J connectivity index is 2.41. The summed E-state index contributed by atoms with van der Waals surface area (Å²) in [4.78, 5) is 2.30. The van der Waals surface area contributed by atoms with Crippen LogP contribution in [0.2, 0.25) is 0 Å².